The van der Waals surface area contributed by atoms with Gasteiger partial charge in [0.1, 0.15) is 12.0 Å². The number of carbonyl (C=O) groups is 3. The van der Waals surface area contributed by atoms with Crippen LogP contribution in [0, 0.1) is 16.0 Å². The lowest BCUT2D eigenvalue weighted by molar-refractivity contribution is -0.384. The average molecular weight is 468 g/mol. The van der Waals surface area contributed by atoms with E-state index in [9.17, 15) is 29.6 Å². The number of benzene rings is 1. The third kappa shape index (κ3) is 4.55. The Morgan fingerprint density at radius 3 is 2.55 bits per heavy atom. The topological polar surface area (TPSA) is 153 Å². The molecule has 0 aromatic heterocycles. The van der Waals surface area contributed by atoms with E-state index in [1.54, 1.807) is 6.92 Å². The zero-order valence-corrected chi connectivity index (χ0v) is 18.4. The van der Waals surface area contributed by atoms with Crippen molar-refractivity contribution in [3.63, 3.8) is 0 Å². The summed E-state index contributed by atoms with van der Waals surface area (Å²) in [6.45, 7) is 3.15. The number of thioether (sulfide) groups is 2. The lowest BCUT2D eigenvalue weighted by Crippen LogP contribution is -2.60. The second kappa shape index (κ2) is 9.28. The van der Waals surface area contributed by atoms with E-state index < -0.39 is 45.4 Å². The van der Waals surface area contributed by atoms with Crippen LogP contribution in [0.5, 0.6) is 0 Å². The summed E-state index contributed by atoms with van der Waals surface area (Å²) in [4.78, 5) is 48.6. The van der Waals surface area contributed by atoms with Crippen LogP contribution in [0.15, 0.2) is 34.2 Å². The van der Waals surface area contributed by atoms with Gasteiger partial charge in [-0.3, -0.25) is 24.6 Å². The van der Waals surface area contributed by atoms with Crippen molar-refractivity contribution in [2.24, 2.45) is 11.7 Å². The summed E-state index contributed by atoms with van der Waals surface area (Å²) in [5, 5.41) is 19.6. The minimum Gasteiger partial charge on any atom is -0.456 e. The highest BCUT2D eigenvalue weighted by molar-refractivity contribution is 8.23. The van der Waals surface area contributed by atoms with Gasteiger partial charge >= 0.3 is 5.97 Å². The number of ether oxygens (including phenoxy) is 1. The third-order valence-electron chi connectivity index (χ3n) is 4.91. The number of nitrogens with zero attached hydrogens (tertiary/aromatic N) is 2. The lowest BCUT2D eigenvalue weighted by Gasteiger charge is -2.43. The maximum Gasteiger partial charge on any atom is 0.357 e. The van der Waals surface area contributed by atoms with Crippen molar-refractivity contribution in [3.8, 4) is 0 Å². The second-order valence-electron chi connectivity index (χ2n) is 7.04. The van der Waals surface area contributed by atoms with Crippen LogP contribution < -0.4 is 5.73 Å². The number of β-lactam (4-membered cyclic amide) rings is 1. The first-order valence-corrected chi connectivity index (χ1v) is 11.2. The Bertz CT molecular complexity index is 948. The van der Waals surface area contributed by atoms with Crippen molar-refractivity contribution in [2.75, 3.05) is 0 Å². The van der Waals surface area contributed by atoms with Crippen LogP contribution in [0.2, 0.25) is 0 Å². The first kappa shape index (κ1) is 23.1. The number of esters is 1. The molecule has 2 heterocycles. The molecular formula is C19H21N3O7S2. The smallest absolute Gasteiger partial charge is 0.357 e. The Hall–Kier alpha value is -2.57. The molecule has 12 heteroatoms. The van der Waals surface area contributed by atoms with Crippen LogP contribution in [0.1, 0.15) is 25.8 Å². The first-order chi connectivity index (χ1) is 14.6. The van der Waals surface area contributed by atoms with E-state index in [-0.39, 0.29) is 18.0 Å². The normalized spacial score (nSPS) is 21.9. The maximum absolute atomic E-state index is 12.9. The van der Waals surface area contributed by atoms with E-state index in [1.807, 2.05) is 0 Å². The van der Waals surface area contributed by atoms with E-state index in [0.717, 1.165) is 11.8 Å². The highest BCUT2D eigenvalue weighted by Gasteiger charge is 2.58. The minimum absolute atomic E-state index is 0.0310. The quantitative estimate of drug-likeness (QED) is 0.239. The molecule has 1 aromatic carbocycles. The van der Waals surface area contributed by atoms with Gasteiger partial charge in [-0.05, 0) is 31.0 Å². The number of nitro benzene ring substituents is 1. The highest BCUT2D eigenvalue weighted by Crippen LogP contribution is 2.54. The molecule has 3 unspecified atom stereocenters. The number of rotatable bonds is 9. The molecule has 1 aromatic rings. The zero-order valence-electron chi connectivity index (χ0n) is 16.7. The fourth-order valence-corrected chi connectivity index (χ4v) is 6.25. The van der Waals surface area contributed by atoms with E-state index in [1.165, 1.54) is 47.9 Å². The fourth-order valence-electron chi connectivity index (χ4n) is 3.23. The zero-order chi connectivity index (χ0) is 22.9. The molecule has 3 N–H and O–H groups in total. The van der Waals surface area contributed by atoms with Gasteiger partial charge in [-0.25, -0.2) is 4.79 Å². The molecule has 2 aliphatic heterocycles. The highest BCUT2D eigenvalue weighted by atomic mass is 32.2. The monoisotopic (exact) mass is 467 g/mol. The fraction of sp³-hybridized carbons (Fsp3) is 0.421. The van der Waals surface area contributed by atoms with Crippen molar-refractivity contribution in [1.82, 2.24) is 4.90 Å². The molecule has 0 bridgehead atoms. The molecule has 4 atom stereocenters. The number of amides is 2. The van der Waals surface area contributed by atoms with Crippen molar-refractivity contribution in [1.29, 1.82) is 0 Å². The van der Waals surface area contributed by atoms with Crippen LogP contribution in [-0.4, -0.2) is 49.4 Å². The number of aliphatic hydroxyl groups excluding tert-OH is 1. The molecule has 31 heavy (non-hydrogen) atoms. The van der Waals surface area contributed by atoms with Gasteiger partial charge in [-0.15, -0.1) is 11.8 Å². The molecule has 1 fully saturated rings. The summed E-state index contributed by atoms with van der Waals surface area (Å²) in [5.74, 6) is -2.34. The second-order valence-corrected chi connectivity index (χ2v) is 9.63. The van der Waals surface area contributed by atoms with Gasteiger partial charge in [0.25, 0.3) is 5.69 Å². The van der Waals surface area contributed by atoms with Crippen LogP contribution in [0.3, 0.4) is 0 Å². The third-order valence-corrected chi connectivity index (χ3v) is 7.90. The van der Waals surface area contributed by atoms with E-state index in [4.69, 9.17) is 10.5 Å². The van der Waals surface area contributed by atoms with Gasteiger partial charge in [-0.2, -0.15) is 0 Å². The molecular weight excluding hydrogens is 446 g/mol. The molecule has 0 spiro atoms. The van der Waals surface area contributed by atoms with Crippen LogP contribution in [0.25, 0.3) is 0 Å². The van der Waals surface area contributed by atoms with Gasteiger partial charge in [0.05, 0.1) is 26.4 Å². The molecule has 166 valence electrons. The van der Waals surface area contributed by atoms with Crippen LogP contribution >= 0.6 is 23.5 Å². The van der Waals surface area contributed by atoms with Crippen molar-refractivity contribution in [3.05, 3.63) is 49.9 Å². The Labute approximate surface area is 186 Å². The predicted octanol–water partition coefficient (Wildman–Crippen LogP) is 1.72. The minimum atomic E-state index is -0.888. The summed E-state index contributed by atoms with van der Waals surface area (Å²) in [6.07, 6.45) is -0.450. The number of nitro groups is 1. The first-order valence-electron chi connectivity index (χ1n) is 9.44. The molecule has 0 saturated carbocycles. The summed E-state index contributed by atoms with van der Waals surface area (Å²) < 4.78 is 5.79. The van der Waals surface area contributed by atoms with Gasteiger partial charge in [0.2, 0.25) is 11.8 Å². The molecule has 1 saturated heterocycles. The number of non-ortho nitro benzene ring substituents is 1. The van der Waals surface area contributed by atoms with E-state index >= 15 is 0 Å². The Kier molecular flexibility index (Phi) is 6.92. The molecule has 10 nitrogen and oxygen atoms in total. The van der Waals surface area contributed by atoms with Crippen molar-refractivity contribution < 1.29 is 29.2 Å². The largest absolute Gasteiger partial charge is 0.456 e. The SMILES string of the molecule is CCC(SC1=C(C(=O)OCc2ccc([N+](=O)[O-])cc2)N2C(=O)C(C(C)O)[C@H]2S1)C(N)=O. The number of nitrogens with two attached hydrogens (primary N) is 1. The molecule has 3 rings (SSSR count). The lowest BCUT2D eigenvalue weighted by atomic mass is 9.92. The number of hydrogen-bond donors (Lipinski definition) is 2. The number of fused-ring (bicyclic) bond motifs is 1. The van der Waals surface area contributed by atoms with Gasteiger partial charge in [-0.1, -0.05) is 18.7 Å². The van der Waals surface area contributed by atoms with Gasteiger partial charge in [0, 0.05) is 12.1 Å². The molecule has 2 aliphatic rings. The summed E-state index contributed by atoms with van der Waals surface area (Å²) in [6, 6.07) is 5.55. The van der Waals surface area contributed by atoms with Gasteiger partial charge < -0.3 is 15.6 Å². The number of primary amides is 1. The van der Waals surface area contributed by atoms with Crippen LogP contribution in [0.4, 0.5) is 5.69 Å². The maximum atomic E-state index is 12.9. The summed E-state index contributed by atoms with van der Waals surface area (Å²) in [7, 11) is 0. The predicted molar refractivity (Wildman–Crippen MR) is 114 cm³/mol. The van der Waals surface area contributed by atoms with E-state index in [0.29, 0.717) is 16.2 Å². The molecule has 0 radical (unpaired) electrons. The number of aliphatic hydroxyl groups is 1. The average Bonchev–Trinajstić information content (AvgIpc) is 3.03. The molecule has 0 aliphatic carbocycles. The Balaban J connectivity index is 1.79. The Morgan fingerprint density at radius 1 is 1.39 bits per heavy atom. The van der Waals surface area contributed by atoms with E-state index in [2.05, 4.69) is 0 Å². The van der Waals surface area contributed by atoms with Crippen molar-refractivity contribution >= 4 is 47.0 Å². The summed E-state index contributed by atoms with van der Waals surface area (Å²) in [5.41, 5.74) is 5.91. The van der Waals surface area contributed by atoms with Crippen LogP contribution in [-0.2, 0) is 25.7 Å². The van der Waals surface area contributed by atoms with Gasteiger partial charge in [0.15, 0.2) is 5.70 Å². The molecule has 2 amide bonds. The Morgan fingerprint density at radius 2 is 2.03 bits per heavy atom. The van der Waals surface area contributed by atoms with Crippen molar-refractivity contribution in [2.45, 2.75) is 43.6 Å². The number of hydrogen-bond acceptors (Lipinski definition) is 9. The number of carbonyl (C=O) groups excluding carboxylic acids is 3. The summed E-state index contributed by atoms with van der Waals surface area (Å²) >= 11 is 2.33. The standard InChI is InChI=1S/C19H21N3O7S2/c1-3-12(15(20)24)30-19-14(21-16(25)13(9(2)23)17(21)31-19)18(26)29-8-10-4-6-11(7-5-10)22(27)28/h4-7,9,12-13,17,23H,3,8H2,1-2H3,(H2,20,24)/t9?,12?,13?,17-/m1/s1.